The minimum Gasteiger partial charge on any atom is -0.490 e. The summed E-state index contributed by atoms with van der Waals surface area (Å²) in [7, 11) is 0. The minimum absolute atomic E-state index is 0.156. The molecule has 3 rings (SSSR count). The van der Waals surface area contributed by atoms with E-state index in [-0.39, 0.29) is 5.57 Å². The minimum atomic E-state index is -0.832. The Hall–Kier alpha value is -2.88. The van der Waals surface area contributed by atoms with Crippen molar-refractivity contribution in [3.63, 3.8) is 0 Å². The molecule has 2 aromatic carbocycles. The van der Waals surface area contributed by atoms with Crippen LogP contribution in [0.4, 0.5) is 4.79 Å². The van der Waals surface area contributed by atoms with E-state index < -0.39 is 17.8 Å². The molecule has 0 aliphatic carbocycles. The summed E-state index contributed by atoms with van der Waals surface area (Å²) in [5.74, 6) is -0.392. The Labute approximate surface area is 181 Å². The Morgan fingerprint density at radius 2 is 1.72 bits per heavy atom. The van der Waals surface area contributed by atoms with Gasteiger partial charge in [-0.3, -0.25) is 20.2 Å². The molecular formula is C21H19IN2O5. The van der Waals surface area contributed by atoms with Crippen LogP contribution in [0.3, 0.4) is 0 Å². The number of ether oxygens (including phenoxy) is 2. The second kappa shape index (κ2) is 9.08. The average Bonchev–Trinajstić information content (AvgIpc) is 2.65. The number of amides is 4. The SMILES string of the molecule is CCOc1cc(C=C2C(=O)NC(=O)NC2=O)cc(I)c1OCc1ccccc1C. The maximum absolute atomic E-state index is 12.0. The Morgan fingerprint density at radius 1 is 1.03 bits per heavy atom. The number of nitrogens with one attached hydrogen (secondary N) is 2. The predicted octanol–water partition coefficient (Wildman–Crippen LogP) is 3.33. The molecule has 7 nitrogen and oxygen atoms in total. The molecule has 0 radical (unpaired) electrons. The van der Waals surface area contributed by atoms with Gasteiger partial charge in [-0.05, 0) is 71.3 Å². The molecule has 0 aromatic heterocycles. The van der Waals surface area contributed by atoms with Crippen molar-refractivity contribution < 1.29 is 23.9 Å². The van der Waals surface area contributed by atoms with Crippen LogP contribution in [0.15, 0.2) is 42.0 Å². The molecule has 1 saturated heterocycles. The largest absolute Gasteiger partial charge is 0.490 e. The monoisotopic (exact) mass is 506 g/mol. The predicted molar refractivity (Wildman–Crippen MR) is 115 cm³/mol. The van der Waals surface area contributed by atoms with Crippen LogP contribution in [-0.4, -0.2) is 24.5 Å². The fraction of sp³-hybridized carbons (Fsp3) is 0.190. The average molecular weight is 506 g/mol. The van der Waals surface area contributed by atoms with Gasteiger partial charge in [0.2, 0.25) is 0 Å². The van der Waals surface area contributed by atoms with Crippen LogP contribution in [0.2, 0.25) is 0 Å². The third kappa shape index (κ3) is 4.94. The lowest BCUT2D eigenvalue weighted by atomic mass is 10.1. The van der Waals surface area contributed by atoms with Crippen molar-refractivity contribution in [2.45, 2.75) is 20.5 Å². The number of carbonyl (C=O) groups excluding carboxylic acids is 3. The van der Waals surface area contributed by atoms with Gasteiger partial charge in [0.05, 0.1) is 10.2 Å². The molecule has 2 N–H and O–H groups in total. The van der Waals surface area contributed by atoms with Gasteiger partial charge in [0.1, 0.15) is 12.2 Å². The second-order valence-corrected chi connectivity index (χ2v) is 7.44. The third-order valence-electron chi connectivity index (χ3n) is 4.22. The van der Waals surface area contributed by atoms with Crippen LogP contribution in [0.5, 0.6) is 11.5 Å². The lowest BCUT2D eigenvalue weighted by molar-refractivity contribution is -0.123. The van der Waals surface area contributed by atoms with Crippen LogP contribution in [0.25, 0.3) is 6.08 Å². The highest BCUT2D eigenvalue weighted by atomic mass is 127. The number of carbonyl (C=O) groups is 3. The maximum atomic E-state index is 12.0. The highest BCUT2D eigenvalue weighted by molar-refractivity contribution is 14.1. The van der Waals surface area contributed by atoms with E-state index in [4.69, 9.17) is 9.47 Å². The molecule has 0 atom stereocenters. The van der Waals surface area contributed by atoms with Crippen LogP contribution in [-0.2, 0) is 16.2 Å². The normalized spacial score (nSPS) is 13.6. The first kappa shape index (κ1) is 20.8. The van der Waals surface area contributed by atoms with Gasteiger partial charge in [-0.15, -0.1) is 0 Å². The van der Waals surface area contributed by atoms with Gasteiger partial charge in [0, 0.05) is 0 Å². The van der Waals surface area contributed by atoms with Gasteiger partial charge in [0.25, 0.3) is 11.8 Å². The summed E-state index contributed by atoms with van der Waals surface area (Å²) < 4.78 is 12.5. The van der Waals surface area contributed by atoms with Crippen molar-refractivity contribution in [3.05, 3.63) is 62.2 Å². The molecule has 1 aliphatic rings. The number of halogens is 1. The first-order chi connectivity index (χ1) is 13.9. The zero-order chi connectivity index (χ0) is 21.0. The molecular weight excluding hydrogens is 487 g/mol. The molecule has 1 aliphatic heterocycles. The Kier molecular flexibility index (Phi) is 6.53. The smallest absolute Gasteiger partial charge is 0.328 e. The summed E-state index contributed by atoms with van der Waals surface area (Å²) in [6.07, 6.45) is 1.41. The molecule has 1 heterocycles. The van der Waals surface area contributed by atoms with Crippen molar-refractivity contribution in [3.8, 4) is 11.5 Å². The summed E-state index contributed by atoms with van der Waals surface area (Å²) in [4.78, 5) is 35.1. The molecule has 1 fully saturated rings. The van der Waals surface area contributed by atoms with Crippen molar-refractivity contribution in [1.29, 1.82) is 0 Å². The number of hydrogen-bond acceptors (Lipinski definition) is 5. The Bertz CT molecular complexity index is 994. The summed E-state index contributed by atoms with van der Waals surface area (Å²) >= 11 is 2.12. The van der Waals surface area contributed by atoms with Crippen LogP contribution >= 0.6 is 22.6 Å². The number of rotatable bonds is 6. The standard InChI is InChI=1S/C21H19IN2O5/c1-3-28-17-10-13(8-15-19(25)23-21(27)24-20(15)26)9-16(22)18(17)29-11-14-7-5-4-6-12(14)2/h4-10H,3,11H2,1-2H3,(H2,23,24,25,26,27). The van der Waals surface area contributed by atoms with E-state index in [1.807, 2.05) is 38.1 Å². The molecule has 0 unspecified atom stereocenters. The number of aryl methyl sites for hydroxylation is 1. The molecule has 0 bridgehead atoms. The van der Waals surface area contributed by atoms with Crippen LogP contribution < -0.4 is 20.1 Å². The number of urea groups is 1. The summed E-state index contributed by atoms with van der Waals surface area (Å²) in [5.41, 5.74) is 2.62. The maximum Gasteiger partial charge on any atom is 0.328 e. The van der Waals surface area contributed by atoms with E-state index in [2.05, 4.69) is 33.2 Å². The van der Waals surface area contributed by atoms with Gasteiger partial charge in [-0.2, -0.15) is 0 Å². The molecule has 0 saturated carbocycles. The number of barbiturate groups is 1. The third-order valence-corrected chi connectivity index (χ3v) is 5.02. The number of hydrogen-bond donors (Lipinski definition) is 2. The van der Waals surface area contributed by atoms with E-state index >= 15 is 0 Å². The lowest BCUT2D eigenvalue weighted by Crippen LogP contribution is -2.51. The van der Waals surface area contributed by atoms with Crippen molar-refractivity contribution in [1.82, 2.24) is 10.6 Å². The van der Waals surface area contributed by atoms with E-state index in [0.717, 1.165) is 14.7 Å². The molecule has 29 heavy (non-hydrogen) atoms. The Balaban J connectivity index is 1.91. The fourth-order valence-corrected chi connectivity index (χ4v) is 3.55. The summed E-state index contributed by atoms with van der Waals surface area (Å²) in [5, 5.41) is 4.11. The summed E-state index contributed by atoms with van der Waals surface area (Å²) in [6, 6.07) is 10.6. The topological polar surface area (TPSA) is 93.7 Å². The molecule has 150 valence electrons. The second-order valence-electron chi connectivity index (χ2n) is 6.27. The highest BCUT2D eigenvalue weighted by Crippen LogP contribution is 2.35. The Morgan fingerprint density at radius 3 is 2.38 bits per heavy atom. The number of benzene rings is 2. The number of imide groups is 2. The quantitative estimate of drug-likeness (QED) is 0.356. The zero-order valence-electron chi connectivity index (χ0n) is 15.9. The highest BCUT2D eigenvalue weighted by Gasteiger charge is 2.28. The first-order valence-electron chi connectivity index (χ1n) is 8.91. The van der Waals surface area contributed by atoms with E-state index in [9.17, 15) is 14.4 Å². The fourth-order valence-electron chi connectivity index (χ4n) is 2.77. The van der Waals surface area contributed by atoms with E-state index in [1.165, 1.54) is 6.08 Å². The zero-order valence-corrected chi connectivity index (χ0v) is 18.0. The van der Waals surface area contributed by atoms with E-state index in [0.29, 0.717) is 30.3 Å². The van der Waals surface area contributed by atoms with Gasteiger partial charge >= 0.3 is 6.03 Å². The first-order valence-corrected chi connectivity index (χ1v) is 9.99. The van der Waals surface area contributed by atoms with Crippen molar-refractivity contribution in [2.75, 3.05) is 6.61 Å². The van der Waals surface area contributed by atoms with E-state index in [1.54, 1.807) is 12.1 Å². The van der Waals surface area contributed by atoms with Crippen molar-refractivity contribution >= 4 is 46.5 Å². The summed E-state index contributed by atoms with van der Waals surface area (Å²) in [6.45, 7) is 4.69. The van der Waals surface area contributed by atoms with Crippen molar-refractivity contribution in [2.24, 2.45) is 0 Å². The molecule has 0 spiro atoms. The molecule has 8 heteroatoms. The molecule has 2 aromatic rings. The van der Waals surface area contributed by atoms with Crippen LogP contribution in [0.1, 0.15) is 23.6 Å². The van der Waals surface area contributed by atoms with Gasteiger partial charge in [-0.25, -0.2) is 4.79 Å². The van der Waals surface area contributed by atoms with Gasteiger partial charge in [-0.1, -0.05) is 24.3 Å². The van der Waals surface area contributed by atoms with Gasteiger partial charge in [0.15, 0.2) is 11.5 Å². The molecule has 4 amide bonds. The van der Waals surface area contributed by atoms with Crippen LogP contribution in [0, 0.1) is 10.5 Å². The lowest BCUT2D eigenvalue weighted by Gasteiger charge is -2.17. The van der Waals surface area contributed by atoms with Gasteiger partial charge < -0.3 is 9.47 Å².